The van der Waals surface area contributed by atoms with Crippen molar-refractivity contribution in [3.8, 4) is 5.75 Å². The van der Waals surface area contributed by atoms with Gasteiger partial charge < -0.3 is 10.1 Å². The molecule has 0 fully saturated rings. The molecule has 0 aromatic heterocycles. The fraction of sp³-hybridized carbons (Fsp3) is 0.0667. The second-order valence-electron chi connectivity index (χ2n) is 3.94. The van der Waals surface area contributed by atoms with Gasteiger partial charge in [0.2, 0.25) is 0 Å². The van der Waals surface area contributed by atoms with Crippen LogP contribution in [0.25, 0.3) is 0 Å². The van der Waals surface area contributed by atoms with Crippen LogP contribution in [0.15, 0.2) is 54.6 Å². The number of carbonyl (C=O) groups is 2. The molecular weight excluding hydrogens is 242 g/mol. The Balaban J connectivity index is 2.11. The SMILES string of the molecule is CC(=O)Oc1cccc(NC(=O)c2ccccc2)c1. The van der Waals surface area contributed by atoms with Gasteiger partial charge in [0.15, 0.2) is 0 Å². The Morgan fingerprint density at radius 2 is 1.74 bits per heavy atom. The summed E-state index contributed by atoms with van der Waals surface area (Å²) in [7, 11) is 0. The second-order valence-corrected chi connectivity index (χ2v) is 3.94. The van der Waals surface area contributed by atoms with E-state index in [-0.39, 0.29) is 5.91 Å². The number of ether oxygens (including phenoxy) is 1. The van der Waals surface area contributed by atoms with Gasteiger partial charge in [-0.05, 0) is 24.3 Å². The number of hydrogen-bond acceptors (Lipinski definition) is 3. The smallest absolute Gasteiger partial charge is 0.308 e. The van der Waals surface area contributed by atoms with E-state index in [2.05, 4.69) is 5.32 Å². The summed E-state index contributed by atoms with van der Waals surface area (Å²) in [6.45, 7) is 1.33. The van der Waals surface area contributed by atoms with E-state index in [4.69, 9.17) is 4.74 Å². The molecule has 2 aromatic carbocycles. The molecule has 0 aliphatic carbocycles. The number of carbonyl (C=O) groups excluding carboxylic acids is 2. The minimum absolute atomic E-state index is 0.208. The largest absolute Gasteiger partial charge is 0.427 e. The monoisotopic (exact) mass is 255 g/mol. The molecule has 0 atom stereocenters. The number of benzene rings is 2. The van der Waals surface area contributed by atoms with Crippen molar-refractivity contribution in [2.45, 2.75) is 6.92 Å². The summed E-state index contributed by atoms with van der Waals surface area (Å²) in [4.78, 5) is 22.8. The minimum Gasteiger partial charge on any atom is -0.427 e. The second kappa shape index (κ2) is 5.82. The highest BCUT2D eigenvalue weighted by atomic mass is 16.5. The molecule has 0 heterocycles. The Morgan fingerprint density at radius 1 is 1.00 bits per heavy atom. The van der Waals surface area contributed by atoms with E-state index < -0.39 is 5.97 Å². The summed E-state index contributed by atoms with van der Waals surface area (Å²) in [5.41, 5.74) is 1.15. The predicted octanol–water partition coefficient (Wildman–Crippen LogP) is 2.86. The molecule has 0 aliphatic rings. The molecule has 4 heteroatoms. The minimum atomic E-state index is -0.397. The van der Waals surface area contributed by atoms with Gasteiger partial charge in [-0.1, -0.05) is 24.3 Å². The number of amides is 1. The molecule has 0 saturated carbocycles. The third kappa shape index (κ3) is 3.67. The summed E-state index contributed by atoms with van der Waals surface area (Å²) >= 11 is 0. The maximum atomic E-state index is 11.9. The van der Waals surface area contributed by atoms with Crippen LogP contribution < -0.4 is 10.1 Å². The molecule has 19 heavy (non-hydrogen) atoms. The summed E-state index contributed by atoms with van der Waals surface area (Å²) in [5.74, 6) is -0.203. The molecule has 96 valence electrons. The quantitative estimate of drug-likeness (QED) is 0.677. The lowest BCUT2D eigenvalue weighted by molar-refractivity contribution is -0.131. The lowest BCUT2D eigenvalue weighted by Gasteiger charge is -2.07. The number of esters is 1. The zero-order valence-electron chi connectivity index (χ0n) is 10.4. The Bertz CT molecular complexity index is 593. The zero-order valence-corrected chi connectivity index (χ0v) is 10.4. The highest BCUT2D eigenvalue weighted by Gasteiger charge is 2.06. The van der Waals surface area contributed by atoms with Crippen molar-refractivity contribution < 1.29 is 14.3 Å². The van der Waals surface area contributed by atoms with Crippen LogP contribution in [0.3, 0.4) is 0 Å². The lowest BCUT2D eigenvalue weighted by Crippen LogP contribution is -2.11. The van der Waals surface area contributed by atoms with Gasteiger partial charge in [-0.15, -0.1) is 0 Å². The van der Waals surface area contributed by atoms with Crippen molar-refractivity contribution in [1.29, 1.82) is 0 Å². The standard InChI is InChI=1S/C15H13NO3/c1-11(17)19-14-9-5-8-13(10-14)16-15(18)12-6-3-2-4-7-12/h2-10H,1H3,(H,16,18). The van der Waals surface area contributed by atoms with Crippen LogP contribution in [-0.4, -0.2) is 11.9 Å². The van der Waals surface area contributed by atoms with Crippen molar-refractivity contribution in [2.75, 3.05) is 5.32 Å². The van der Waals surface area contributed by atoms with Crippen LogP contribution in [0.2, 0.25) is 0 Å². The van der Waals surface area contributed by atoms with Gasteiger partial charge in [0, 0.05) is 24.2 Å². The van der Waals surface area contributed by atoms with Crippen LogP contribution in [0.4, 0.5) is 5.69 Å². The van der Waals surface area contributed by atoms with Crippen molar-refractivity contribution in [3.05, 3.63) is 60.2 Å². The van der Waals surface area contributed by atoms with E-state index in [1.165, 1.54) is 6.92 Å². The third-order valence-corrected chi connectivity index (χ3v) is 2.39. The maximum Gasteiger partial charge on any atom is 0.308 e. The first kappa shape index (κ1) is 12.8. The Labute approximate surface area is 111 Å². The molecule has 1 amide bonds. The van der Waals surface area contributed by atoms with Crippen molar-refractivity contribution in [3.63, 3.8) is 0 Å². The third-order valence-electron chi connectivity index (χ3n) is 2.39. The Hall–Kier alpha value is -2.62. The summed E-state index contributed by atoms with van der Waals surface area (Å²) in [6.07, 6.45) is 0. The van der Waals surface area contributed by atoms with Crippen LogP contribution >= 0.6 is 0 Å². The van der Waals surface area contributed by atoms with Crippen molar-refractivity contribution >= 4 is 17.6 Å². The van der Waals surface area contributed by atoms with Gasteiger partial charge in [-0.3, -0.25) is 9.59 Å². The molecule has 2 aromatic rings. The first-order valence-electron chi connectivity index (χ1n) is 5.80. The number of nitrogens with one attached hydrogen (secondary N) is 1. The molecule has 0 aliphatic heterocycles. The zero-order chi connectivity index (χ0) is 13.7. The number of anilines is 1. The lowest BCUT2D eigenvalue weighted by atomic mass is 10.2. The molecule has 4 nitrogen and oxygen atoms in total. The first-order valence-corrected chi connectivity index (χ1v) is 5.80. The van der Waals surface area contributed by atoms with E-state index in [0.717, 1.165) is 0 Å². The summed E-state index contributed by atoms with van der Waals surface area (Å²) < 4.78 is 4.95. The maximum absolute atomic E-state index is 11.9. The molecule has 1 N–H and O–H groups in total. The van der Waals surface area contributed by atoms with Crippen LogP contribution in [0.1, 0.15) is 17.3 Å². The van der Waals surface area contributed by atoms with E-state index >= 15 is 0 Å². The molecule has 0 bridgehead atoms. The summed E-state index contributed by atoms with van der Waals surface area (Å²) in [5, 5.41) is 2.74. The van der Waals surface area contributed by atoms with Crippen molar-refractivity contribution in [1.82, 2.24) is 0 Å². The highest BCUT2D eigenvalue weighted by molar-refractivity contribution is 6.04. The fourth-order valence-electron chi connectivity index (χ4n) is 1.60. The average molecular weight is 255 g/mol. The average Bonchev–Trinajstić information content (AvgIpc) is 2.39. The molecular formula is C15H13NO3. The van der Waals surface area contributed by atoms with Crippen LogP contribution in [0, 0.1) is 0 Å². The van der Waals surface area contributed by atoms with Crippen LogP contribution in [0.5, 0.6) is 5.75 Å². The van der Waals surface area contributed by atoms with E-state index in [0.29, 0.717) is 17.0 Å². The predicted molar refractivity (Wildman–Crippen MR) is 72.1 cm³/mol. The molecule has 0 spiro atoms. The molecule has 0 radical (unpaired) electrons. The van der Waals surface area contributed by atoms with Gasteiger partial charge >= 0.3 is 5.97 Å². The van der Waals surface area contributed by atoms with Gasteiger partial charge in [-0.2, -0.15) is 0 Å². The summed E-state index contributed by atoms with van der Waals surface area (Å²) in [6, 6.07) is 15.6. The first-order chi connectivity index (χ1) is 9.15. The van der Waals surface area contributed by atoms with Crippen molar-refractivity contribution in [2.24, 2.45) is 0 Å². The normalized spacial score (nSPS) is 9.74. The van der Waals surface area contributed by atoms with Gasteiger partial charge in [0.1, 0.15) is 5.75 Å². The highest BCUT2D eigenvalue weighted by Crippen LogP contribution is 2.18. The van der Waals surface area contributed by atoms with Gasteiger partial charge in [0.25, 0.3) is 5.91 Å². The molecule has 0 saturated heterocycles. The van der Waals surface area contributed by atoms with Crippen LogP contribution in [-0.2, 0) is 4.79 Å². The number of rotatable bonds is 3. The topological polar surface area (TPSA) is 55.4 Å². The van der Waals surface area contributed by atoms with E-state index in [9.17, 15) is 9.59 Å². The van der Waals surface area contributed by atoms with Gasteiger partial charge in [-0.25, -0.2) is 0 Å². The van der Waals surface area contributed by atoms with Gasteiger partial charge in [0.05, 0.1) is 0 Å². The van der Waals surface area contributed by atoms with E-state index in [1.807, 2.05) is 6.07 Å². The number of hydrogen-bond donors (Lipinski definition) is 1. The molecule has 2 rings (SSSR count). The Kier molecular flexibility index (Phi) is 3.93. The van der Waals surface area contributed by atoms with E-state index in [1.54, 1.807) is 48.5 Å². The molecule has 0 unspecified atom stereocenters. The fourth-order valence-corrected chi connectivity index (χ4v) is 1.60. The Morgan fingerprint density at radius 3 is 2.42 bits per heavy atom.